The number of nitrogens with zero attached hydrogens (tertiary/aromatic N) is 2. The van der Waals surface area contributed by atoms with Crippen molar-refractivity contribution in [2.75, 3.05) is 20.2 Å². The van der Waals surface area contributed by atoms with Gasteiger partial charge in [0.25, 0.3) is 0 Å². The molecule has 2 aromatic rings. The number of fused-ring (bicyclic) bond motifs is 1. The maximum absolute atomic E-state index is 11.9. The summed E-state index contributed by atoms with van der Waals surface area (Å²) in [4.78, 5) is 16.3. The Hall–Kier alpha value is -2.08. The van der Waals surface area contributed by atoms with Gasteiger partial charge in [-0.2, -0.15) is 0 Å². The Bertz CT molecular complexity index is 659. The van der Waals surface area contributed by atoms with Gasteiger partial charge in [-0.15, -0.1) is 0 Å². The number of carbonyl (C=O) groups excluding carboxylic acids is 1. The Kier molecular flexibility index (Phi) is 3.79. The molecule has 1 aliphatic heterocycles. The van der Waals surface area contributed by atoms with Crippen LogP contribution >= 0.6 is 0 Å². The third kappa shape index (κ3) is 2.58. The molecule has 1 atom stereocenters. The average Bonchev–Trinajstić information content (AvgIpc) is 2.87. The fourth-order valence-electron chi connectivity index (χ4n) is 2.93. The zero-order valence-corrected chi connectivity index (χ0v) is 12.0. The summed E-state index contributed by atoms with van der Waals surface area (Å²) in [6.07, 6.45) is 3.00. The molecular weight excluding hydrogens is 270 g/mol. The van der Waals surface area contributed by atoms with Crippen LogP contribution in [0.3, 0.4) is 0 Å². The van der Waals surface area contributed by atoms with E-state index in [9.17, 15) is 9.90 Å². The monoisotopic (exact) mass is 289 g/mol. The number of rotatable bonds is 3. The van der Waals surface area contributed by atoms with Crippen molar-refractivity contribution < 1.29 is 14.6 Å². The zero-order chi connectivity index (χ0) is 14.8. The first-order valence-corrected chi connectivity index (χ1v) is 7.19. The summed E-state index contributed by atoms with van der Waals surface area (Å²) < 4.78 is 6.42. The van der Waals surface area contributed by atoms with Crippen LogP contribution in [0.25, 0.3) is 5.52 Å². The van der Waals surface area contributed by atoms with Crippen molar-refractivity contribution in [3.8, 4) is 5.88 Å². The molecule has 0 amide bonds. The van der Waals surface area contributed by atoms with Gasteiger partial charge in [0.1, 0.15) is 5.82 Å². The molecule has 1 aliphatic rings. The van der Waals surface area contributed by atoms with Gasteiger partial charge in [0.15, 0.2) is 11.6 Å². The maximum Gasteiger partial charge on any atom is 0.358 e. The summed E-state index contributed by atoms with van der Waals surface area (Å²) >= 11 is 0. The van der Waals surface area contributed by atoms with Crippen LogP contribution in [0.1, 0.15) is 29.2 Å². The van der Waals surface area contributed by atoms with Crippen molar-refractivity contribution in [2.45, 2.75) is 19.3 Å². The van der Waals surface area contributed by atoms with Crippen molar-refractivity contribution in [3.05, 3.63) is 29.7 Å². The lowest BCUT2D eigenvalue weighted by atomic mass is 9.96. The predicted molar refractivity (Wildman–Crippen MR) is 77.5 cm³/mol. The molecule has 2 aromatic heterocycles. The number of imidazole rings is 1. The van der Waals surface area contributed by atoms with Crippen molar-refractivity contribution in [1.82, 2.24) is 14.7 Å². The molecule has 1 unspecified atom stereocenters. The number of pyridine rings is 1. The van der Waals surface area contributed by atoms with E-state index >= 15 is 0 Å². The van der Waals surface area contributed by atoms with E-state index in [4.69, 9.17) is 4.74 Å². The molecule has 3 rings (SSSR count). The third-order valence-corrected chi connectivity index (χ3v) is 3.96. The normalized spacial score (nSPS) is 18.8. The molecule has 0 radical (unpaired) electrons. The fraction of sp³-hybridized carbons (Fsp3) is 0.467. The van der Waals surface area contributed by atoms with E-state index in [2.05, 4.69) is 10.3 Å². The van der Waals surface area contributed by atoms with Gasteiger partial charge in [0.2, 0.25) is 0 Å². The summed E-state index contributed by atoms with van der Waals surface area (Å²) in [6.45, 7) is 1.99. The Morgan fingerprint density at radius 3 is 3.14 bits per heavy atom. The van der Waals surface area contributed by atoms with Gasteiger partial charge in [0, 0.05) is 6.42 Å². The highest BCUT2D eigenvalue weighted by Gasteiger charge is 2.22. The summed E-state index contributed by atoms with van der Waals surface area (Å²) in [5.74, 6) is 0.784. The lowest BCUT2D eigenvalue weighted by Gasteiger charge is -2.22. The molecule has 1 saturated heterocycles. The second-order valence-electron chi connectivity index (χ2n) is 5.39. The highest BCUT2D eigenvalue weighted by atomic mass is 16.5. The van der Waals surface area contributed by atoms with E-state index in [1.165, 1.54) is 7.11 Å². The summed E-state index contributed by atoms with van der Waals surface area (Å²) in [5, 5.41) is 13.5. The molecular formula is C15H19N3O3. The third-order valence-electron chi connectivity index (χ3n) is 3.96. The van der Waals surface area contributed by atoms with Gasteiger partial charge in [-0.1, -0.05) is 6.07 Å². The molecule has 1 fully saturated rings. The second kappa shape index (κ2) is 5.73. The standard InChI is InChI=1S/C15H19N3O3/c1-21-15(20)14-11-5-2-6-13(19)18(11)12(17-14)8-10-4-3-7-16-9-10/h2,5-6,10,16,19H,3-4,7-9H2,1H3. The fourth-order valence-corrected chi connectivity index (χ4v) is 2.93. The molecule has 0 aromatic carbocycles. The van der Waals surface area contributed by atoms with Crippen LogP contribution in [0.15, 0.2) is 18.2 Å². The first-order valence-electron chi connectivity index (χ1n) is 7.19. The zero-order valence-electron chi connectivity index (χ0n) is 12.0. The number of aromatic nitrogens is 2. The molecule has 0 bridgehead atoms. The Morgan fingerprint density at radius 1 is 1.57 bits per heavy atom. The van der Waals surface area contributed by atoms with E-state index in [0.29, 0.717) is 17.3 Å². The van der Waals surface area contributed by atoms with E-state index in [1.807, 2.05) is 0 Å². The average molecular weight is 289 g/mol. The van der Waals surface area contributed by atoms with Crippen molar-refractivity contribution in [1.29, 1.82) is 0 Å². The van der Waals surface area contributed by atoms with Crippen LogP contribution in [0, 0.1) is 5.92 Å². The van der Waals surface area contributed by atoms with Crippen molar-refractivity contribution in [2.24, 2.45) is 5.92 Å². The minimum atomic E-state index is -0.480. The van der Waals surface area contributed by atoms with Crippen molar-refractivity contribution in [3.63, 3.8) is 0 Å². The highest BCUT2D eigenvalue weighted by molar-refractivity contribution is 5.95. The molecule has 112 valence electrons. The maximum atomic E-state index is 11.9. The number of methoxy groups -OCH3 is 1. The summed E-state index contributed by atoms with van der Waals surface area (Å²) in [5.41, 5.74) is 0.841. The Labute approximate surface area is 122 Å². The topological polar surface area (TPSA) is 75.9 Å². The molecule has 21 heavy (non-hydrogen) atoms. The van der Waals surface area contributed by atoms with E-state index in [0.717, 1.165) is 32.4 Å². The van der Waals surface area contributed by atoms with Crippen LogP contribution in [0.5, 0.6) is 5.88 Å². The molecule has 6 heteroatoms. The van der Waals surface area contributed by atoms with Gasteiger partial charge in [-0.05, 0) is 44.0 Å². The van der Waals surface area contributed by atoms with Gasteiger partial charge in [-0.25, -0.2) is 9.78 Å². The van der Waals surface area contributed by atoms with Gasteiger partial charge < -0.3 is 15.2 Å². The first-order chi connectivity index (χ1) is 10.2. The van der Waals surface area contributed by atoms with Gasteiger partial charge in [-0.3, -0.25) is 4.40 Å². The molecule has 0 aliphatic carbocycles. The highest BCUT2D eigenvalue weighted by Crippen LogP contribution is 2.24. The van der Waals surface area contributed by atoms with Crippen LogP contribution in [-0.4, -0.2) is 40.7 Å². The number of esters is 1. The Morgan fingerprint density at radius 2 is 2.43 bits per heavy atom. The SMILES string of the molecule is COC(=O)c1nc(CC2CCCNC2)n2c(O)cccc12. The van der Waals surface area contributed by atoms with E-state index in [-0.39, 0.29) is 11.6 Å². The second-order valence-corrected chi connectivity index (χ2v) is 5.39. The number of hydrogen-bond donors (Lipinski definition) is 2. The van der Waals surface area contributed by atoms with Crippen LogP contribution < -0.4 is 5.32 Å². The molecule has 0 saturated carbocycles. The number of ether oxygens (including phenoxy) is 1. The lowest BCUT2D eigenvalue weighted by Crippen LogP contribution is -2.31. The smallest absolute Gasteiger partial charge is 0.358 e. The number of hydrogen-bond acceptors (Lipinski definition) is 5. The quantitative estimate of drug-likeness (QED) is 0.835. The molecule has 6 nitrogen and oxygen atoms in total. The largest absolute Gasteiger partial charge is 0.494 e. The summed E-state index contributed by atoms with van der Waals surface area (Å²) in [6, 6.07) is 5.06. The molecule has 3 heterocycles. The van der Waals surface area contributed by atoms with Crippen LogP contribution in [0.4, 0.5) is 0 Å². The van der Waals surface area contributed by atoms with Gasteiger partial charge >= 0.3 is 5.97 Å². The minimum Gasteiger partial charge on any atom is -0.494 e. The predicted octanol–water partition coefficient (Wildman–Crippen LogP) is 1.37. The minimum absolute atomic E-state index is 0.0916. The van der Waals surface area contributed by atoms with Crippen molar-refractivity contribution >= 4 is 11.5 Å². The Balaban J connectivity index is 2.02. The number of aromatic hydroxyl groups is 1. The number of piperidine rings is 1. The van der Waals surface area contributed by atoms with E-state index < -0.39 is 5.97 Å². The number of carbonyl (C=O) groups is 1. The van der Waals surface area contributed by atoms with E-state index in [1.54, 1.807) is 22.6 Å². The molecule has 2 N–H and O–H groups in total. The lowest BCUT2D eigenvalue weighted by molar-refractivity contribution is 0.0596. The van der Waals surface area contributed by atoms with Gasteiger partial charge in [0.05, 0.1) is 12.6 Å². The molecule has 0 spiro atoms. The summed E-state index contributed by atoms with van der Waals surface area (Å²) in [7, 11) is 1.33. The van der Waals surface area contributed by atoms with Crippen LogP contribution in [0.2, 0.25) is 0 Å². The first kappa shape index (κ1) is 13.9. The number of nitrogens with one attached hydrogen (secondary N) is 1. The van der Waals surface area contributed by atoms with Crippen LogP contribution in [-0.2, 0) is 11.2 Å².